The minimum absolute atomic E-state index is 0.620. The summed E-state index contributed by atoms with van der Waals surface area (Å²) in [4.78, 5) is 5.06. The van der Waals surface area contributed by atoms with Crippen molar-refractivity contribution in [1.29, 1.82) is 0 Å². The highest BCUT2D eigenvalue weighted by molar-refractivity contribution is 6.00. The monoisotopic (exact) mass is 191 g/mol. The van der Waals surface area contributed by atoms with Gasteiger partial charge in [-0.25, -0.2) is 0 Å². The van der Waals surface area contributed by atoms with Crippen LogP contribution in [0.3, 0.4) is 0 Å². The van der Waals surface area contributed by atoms with Crippen molar-refractivity contribution in [2.24, 2.45) is 5.16 Å². The van der Waals surface area contributed by atoms with Crippen molar-refractivity contribution >= 4 is 5.71 Å². The summed E-state index contributed by atoms with van der Waals surface area (Å²) in [6.07, 6.45) is 0.892. The van der Waals surface area contributed by atoms with Crippen LogP contribution in [0.1, 0.15) is 31.4 Å². The third-order valence-corrected chi connectivity index (χ3v) is 2.02. The van der Waals surface area contributed by atoms with E-state index in [0.29, 0.717) is 6.61 Å². The lowest BCUT2D eigenvalue weighted by Gasteiger charge is -2.03. The van der Waals surface area contributed by atoms with E-state index in [-0.39, 0.29) is 0 Å². The zero-order valence-corrected chi connectivity index (χ0v) is 9.08. The van der Waals surface area contributed by atoms with E-state index in [1.165, 1.54) is 5.56 Å². The smallest absolute Gasteiger partial charge is 0.114 e. The van der Waals surface area contributed by atoms with E-state index in [1.54, 1.807) is 0 Å². The number of hydrogen-bond acceptors (Lipinski definition) is 2. The zero-order chi connectivity index (χ0) is 10.4. The summed E-state index contributed by atoms with van der Waals surface area (Å²) >= 11 is 0. The Morgan fingerprint density at radius 3 is 2.36 bits per heavy atom. The third kappa shape index (κ3) is 2.87. The van der Waals surface area contributed by atoms with Crippen LogP contribution in [0.2, 0.25) is 0 Å². The van der Waals surface area contributed by atoms with Gasteiger partial charge in [-0.15, -0.1) is 0 Å². The van der Waals surface area contributed by atoms with Gasteiger partial charge in [-0.1, -0.05) is 41.9 Å². The lowest BCUT2D eigenvalue weighted by molar-refractivity contribution is 0.158. The highest BCUT2D eigenvalue weighted by Gasteiger charge is 2.00. The lowest BCUT2D eigenvalue weighted by Crippen LogP contribution is -2.00. The predicted octanol–water partition coefficient (Wildman–Crippen LogP) is 3.15. The Kier molecular flexibility index (Phi) is 4.17. The van der Waals surface area contributed by atoms with Gasteiger partial charge in [0.05, 0.1) is 5.71 Å². The van der Waals surface area contributed by atoms with Gasteiger partial charge in [0, 0.05) is 0 Å². The summed E-state index contributed by atoms with van der Waals surface area (Å²) in [5.41, 5.74) is 3.42. The molecule has 0 heterocycles. The van der Waals surface area contributed by atoms with E-state index >= 15 is 0 Å². The highest BCUT2D eigenvalue weighted by Crippen LogP contribution is 2.07. The maximum absolute atomic E-state index is 5.06. The maximum Gasteiger partial charge on any atom is 0.114 e. The molecule has 0 N–H and O–H groups in total. The van der Waals surface area contributed by atoms with Crippen LogP contribution in [0, 0.1) is 6.92 Å². The second-order valence-corrected chi connectivity index (χ2v) is 3.18. The van der Waals surface area contributed by atoms with Crippen molar-refractivity contribution < 1.29 is 4.84 Å². The Bertz CT molecular complexity index is 301. The molecule has 1 aromatic rings. The first-order valence-electron chi connectivity index (χ1n) is 5.03. The molecule has 1 rings (SSSR count). The van der Waals surface area contributed by atoms with Crippen LogP contribution < -0.4 is 0 Å². The Hall–Kier alpha value is -1.31. The van der Waals surface area contributed by atoms with Crippen molar-refractivity contribution in [2.45, 2.75) is 27.2 Å². The molecule has 0 aliphatic rings. The Morgan fingerprint density at radius 1 is 1.21 bits per heavy atom. The summed E-state index contributed by atoms with van der Waals surface area (Å²) in [5, 5.41) is 4.08. The normalized spacial score (nSPS) is 11.5. The third-order valence-electron chi connectivity index (χ3n) is 2.02. The molecule has 0 atom stereocenters. The van der Waals surface area contributed by atoms with Crippen molar-refractivity contribution in [3.63, 3.8) is 0 Å². The van der Waals surface area contributed by atoms with Crippen LogP contribution in [-0.2, 0) is 4.84 Å². The van der Waals surface area contributed by atoms with Gasteiger partial charge in [0.25, 0.3) is 0 Å². The van der Waals surface area contributed by atoms with Gasteiger partial charge < -0.3 is 4.84 Å². The Labute approximate surface area is 85.6 Å². The Morgan fingerprint density at radius 2 is 1.86 bits per heavy atom. The number of rotatable bonds is 4. The molecule has 2 nitrogen and oxygen atoms in total. The van der Waals surface area contributed by atoms with E-state index in [0.717, 1.165) is 17.7 Å². The molecular formula is C12H17NO. The number of hydrogen-bond donors (Lipinski definition) is 0. The molecule has 0 aromatic heterocycles. The van der Waals surface area contributed by atoms with Gasteiger partial charge >= 0.3 is 0 Å². The molecule has 0 bridgehead atoms. The van der Waals surface area contributed by atoms with Crippen molar-refractivity contribution in [3.05, 3.63) is 35.4 Å². The van der Waals surface area contributed by atoms with Gasteiger partial charge in [-0.3, -0.25) is 0 Å². The van der Waals surface area contributed by atoms with Crippen LogP contribution in [0.15, 0.2) is 29.4 Å². The fraction of sp³-hybridized carbons (Fsp3) is 0.417. The summed E-state index contributed by atoms with van der Waals surface area (Å²) in [6.45, 7) is 6.72. The molecule has 1 aromatic carbocycles. The average Bonchev–Trinajstić information content (AvgIpc) is 2.21. The second kappa shape index (κ2) is 5.43. The lowest BCUT2D eigenvalue weighted by atomic mass is 10.1. The summed E-state index contributed by atoms with van der Waals surface area (Å²) in [6, 6.07) is 8.34. The first-order valence-corrected chi connectivity index (χ1v) is 5.03. The molecular weight excluding hydrogens is 174 g/mol. The van der Waals surface area contributed by atoms with Gasteiger partial charge in [0.15, 0.2) is 0 Å². The van der Waals surface area contributed by atoms with Gasteiger partial charge in [0.1, 0.15) is 6.61 Å². The molecule has 0 radical (unpaired) electrons. The Balaban J connectivity index is 2.84. The summed E-state index contributed by atoms with van der Waals surface area (Å²) in [7, 11) is 0. The summed E-state index contributed by atoms with van der Waals surface area (Å²) < 4.78 is 0. The number of aryl methyl sites for hydroxylation is 1. The number of oxime groups is 1. The first-order chi connectivity index (χ1) is 6.77. The van der Waals surface area contributed by atoms with E-state index < -0.39 is 0 Å². The van der Waals surface area contributed by atoms with E-state index in [1.807, 2.05) is 6.92 Å². The van der Waals surface area contributed by atoms with Crippen molar-refractivity contribution in [1.82, 2.24) is 0 Å². The standard InChI is InChI=1S/C12H17NO/c1-4-12(13-14-5-2)11-8-6-10(3)7-9-11/h6-9H,4-5H2,1-3H3/b13-12+. The fourth-order valence-corrected chi connectivity index (χ4v) is 1.21. The predicted molar refractivity (Wildman–Crippen MR) is 59.6 cm³/mol. The second-order valence-electron chi connectivity index (χ2n) is 3.18. The molecule has 0 unspecified atom stereocenters. The van der Waals surface area contributed by atoms with Crippen LogP contribution in [0.25, 0.3) is 0 Å². The van der Waals surface area contributed by atoms with Crippen LogP contribution in [-0.4, -0.2) is 12.3 Å². The van der Waals surface area contributed by atoms with Crippen LogP contribution >= 0.6 is 0 Å². The van der Waals surface area contributed by atoms with Crippen LogP contribution in [0.5, 0.6) is 0 Å². The van der Waals surface area contributed by atoms with Gasteiger partial charge in [-0.2, -0.15) is 0 Å². The molecule has 76 valence electrons. The molecule has 0 spiro atoms. The highest BCUT2D eigenvalue weighted by atomic mass is 16.6. The molecule has 0 saturated carbocycles. The molecule has 0 saturated heterocycles. The minimum atomic E-state index is 0.620. The molecule has 14 heavy (non-hydrogen) atoms. The molecule has 0 aliphatic heterocycles. The number of benzene rings is 1. The van der Waals surface area contributed by atoms with E-state index in [9.17, 15) is 0 Å². The SMILES string of the molecule is CCO/N=C(\CC)c1ccc(C)cc1. The minimum Gasteiger partial charge on any atom is -0.396 e. The number of nitrogens with zero attached hydrogens (tertiary/aromatic N) is 1. The maximum atomic E-state index is 5.06. The van der Waals surface area contributed by atoms with E-state index in [2.05, 4.69) is 43.3 Å². The summed E-state index contributed by atoms with van der Waals surface area (Å²) in [5.74, 6) is 0. The van der Waals surface area contributed by atoms with E-state index in [4.69, 9.17) is 4.84 Å². The average molecular weight is 191 g/mol. The molecule has 2 heteroatoms. The van der Waals surface area contributed by atoms with Crippen LogP contribution in [0.4, 0.5) is 0 Å². The largest absolute Gasteiger partial charge is 0.396 e. The fourth-order valence-electron chi connectivity index (χ4n) is 1.21. The molecule has 0 aliphatic carbocycles. The van der Waals surface area contributed by atoms with Gasteiger partial charge in [0.2, 0.25) is 0 Å². The molecule has 0 amide bonds. The van der Waals surface area contributed by atoms with Gasteiger partial charge in [-0.05, 0) is 25.8 Å². The molecule has 0 fully saturated rings. The van der Waals surface area contributed by atoms with Crippen molar-refractivity contribution in [3.8, 4) is 0 Å². The van der Waals surface area contributed by atoms with Crippen molar-refractivity contribution in [2.75, 3.05) is 6.61 Å². The zero-order valence-electron chi connectivity index (χ0n) is 9.08. The quantitative estimate of drug-likeness (QED) is 0.529. The first kappa shape index (κ1) is 10.8. The topological polar surface area (TPSA) is 21.6 Å².